The summed E-state index contributed by atoms with van der Waals surface area (Å²) in [4.78, 5) is 39.9. The molecule has 192 valence electrons. The number of aliphatic hydroxyl groups is 1. The first kappa shape index (κ1) is 24.5. The molecule has 5 rings (SSSR count). The summed E-state index contributed by atoms with van der Waals surface area (Å²) in [6.45, 7) is 13.7. The fraction of sp³-hybridized carbons (Fsp3) is 0.750. The van der Waals surface area contributed by atoms with Crippen LogP contribution in [0.1, 0.15) is 67.7 Å². The number of fused-ring (bicyclic) bond motifs is 3. The van der Waals surface area contributed by atoms with Gasteiger partial charge >= 0.3 is 11.9 Å². The number of hydrogen-bond donors (Lipinski definition) is 1. The van der Waals surface area contributed by atoms with Gasteiger partial charge in [-0.15, -0.1) is 0 Å². The van der Waals surface area contributed by atoms with E-state index >= 15 is 0 Å². The molecule has 0 spiro atoms. The number of carbonyl (C=O) groups excluding carboxylic acids is 3. The van der Waals surface area contributed by atoms with E-state index < -0.39 is 22.2 Å². The molecule has 7 nitrogen and oxygen atoms in total. The first-order valence-electron chi connectivity index (χ1n) is 12.7. The zero-order chi connectivity index (χ0) is 25.9. The number of methoxy groups -OCH3 is 1. The van der Waals surface area contributed by atoms with E-state index in [4.69, 9.17) is 14.2 Å². The Kier molecular flexibility index (Phi) is 4.90. The van der Waals surface area contributed by atoms with Crippen LogP contribution in [0.25, 0.3) is 0 Å². The zero-order valence-corrected chi connectivity index (χ0v) is 22.1. The molecular formula is C28H38O7. The van der Waals surface area contributed by atoms with Crippen molar-refractivity contribution in [2.45, 2.75) is 79.9 Å². The third kappa shape index (κ3) is 2.40. The molecular weight excluding hydrogens is 448 g/mol. The van der Waals surface area contributed by atoms with Crippen LogP contribution in [-0.4, -0.2) is 48.8 Å². The molecule has 35 heavy (non-hydrogen) atoms. The Balaban J connectivity index is 1.75. The van der Waals surface area contributed by atoms with Crippen LogP contribution in [0.15, 0.2) is 23.0 Å². The van der Waals surface area contributed by atoms with Gasteiger partial charge in [-0.05, 0) is 46.0 Å². The van der Waals surface area contributed by atoms with Crippen molar-refractivity contribution >= 4 is 17.7 Å². The van der Waals surface area contributed by atoms with Crippen molar-refractivity contribution in [3.63, 3.8) is 0 Å². The highest BCUT2D eigenvalue weighted by molar-refractivity contribution is 6.17. The Bertz CT molecular complexity index is 1100. The Morgan fingerprint density at radius 3 is 2.43 bits per heavy atom. The molecule has 2 saturated carbocycles. The van der Waals surface area contributed by atoms with Gasteiger partial charge < -0.3 is 19.3 Å². The van der Waals surface area contributed by atoms with Gasteiger partial charge in [0.25, 0.3) is 0 Å². The highest BCUT2D eigenvalue weighted by atomic mass is 16.5. The Hall–Kier alpha value is -2.15. The molecule has 1 saturated heterocycles. The van der Waals surface area contributed by atoms with E-state index in [1.807, 2.05) is 20.8 Å². The van der Waals surface area contributed by atoms with E-state index in [9.17, 15) is 19.5 Å². The molecule has 4 aliphatic carbocycles. The van der Waals surface area contributed by atoms with Crippen molar-refractivity contribution in [2.75, 3.05) is 13.7 Å². The van der Waals surface area contributed by atoms with Gasteiger partial charge in [-0.2, -0.15) is 0 Å². The van der Waals surface area contributed by atoms with Crippen LogP contribution < -0.4 is 0 Å². The Morgan fingerprint density at radius 1 is 1.17 bits per heavy atom. The Labute approximate surface area is 207 Å². The van der Waals surface area contributed by atoms with Crippen LogP contribution in [0.2, 0.25) is 0 Å². The van der Waals surface area contributed by atoms with Crippen molar-refractivity contribution < 1.29 is 33.7 Å². The summed E-state index contributed by atoms with van der Waals surface area (Å²) in [7, 11) is 1.32. The molecule has 0 aromatic heterocycles. The summed E-state index contributed by atoms with van der Waals surface area (Å²) in [5.74, 6) is -1.30. The average Bonchev–Trinajstić information content (AvgIpc) is 3.18. The van der Waals surface area contributed by atoms with Crippen molar-refractivity contribution in [2.24, 2.45) is 38.9 Å². The van der Waals surface area contributed by atoms with Gasteiger partial charge in [0.2, 0.25) is 0 Å². The minimum atomic E-state index is -1.58. The summed E-state index contributed by atoms with van der Waals surface area (Å²) in [5.41, 5.74) is -3.21. The van der Waals surface area contributed by atoms with Crippen molar-refractivity contribution in [3.8, 4) is 0 Å². The Morgan fingerprint density at radius 2 is 1.83 bits per heavy atom. The SMILES string of the molecule is COC(=O)[C@@]12C(=O)C(C)=C(O)[C@]1(C)C(C)=C[C@H]1[C@]34CC[C@H](OC(C)=O)C(C)(C)[C@H]3[C@H](C[C@@]12C)OC4. The number of esters is 2. The van der Waals surface area contributed by atoms with Gasteiger partial charge in [0.05, 0.1) is 25.2 Å². The molecule has 1 N–H and O–H groups in total. The third-order valence-corrected chi connectivity index (χ3v) is 11.1. The largest absolute Gasteiger partial charge is 0.511 e. The lowest BCUT2D eigenvalue weighted by Crippen LogP contribution is -2.71. The van der Waals surface area contributed by atoms with Gasteiger partial charge in [0.1, 0.15) is 11.9 Å². The van der Waals surface area contributed by atoms with Crippen LogP contribution in [0.3, 0.4) is 0 Å². The molecule has 3 fully saturated rings. The van der Waals surface area contributed by atoms with Gasteiger partial charge in [0, 0.05) is 34.7 Å². The second-order valence-corrected chi connectivity index (χ2v) is 12.6. The van der Waals surface area contributed by atoms with Gasteiger partial charge in [-0.1, -0.05) is 32.4 Å². The number of carbonyl (C=O) groups is 3. The lowest BCUT2D eigenvalue weighted by Gasteiger charge is -2.67. The van der Waals surface area contributed by atoms with Crippen molar-refractivity contribution in [3.05, 3.63) is 23.0 Å². The van der Waals surface area contributed by atoms with E-state index in [2.05, 4.69) is 19.9 Å². The number of hydrogen-bond acceptors (Lipinski definition) is 7. The van der Waals surface area contributed by atoms with Crippen molar-refractivity contribution in [1.82, 2.24) is 0 Å². The monoisotopic (exact) mass is 486 g/mol. The maximum atomic E-state index is 14.1. The fourth-order valence-corrected chi connectivity index (χ4v) is 9.76. The molecule has 0 radical (unpaired) electrons. The summed E-state index contributed by atoms with van der Waals surface area (Å²) in [6.07, 6.45) is 3.71. The quantitative estimate of drug-likeness (QED) is 0.353. The van der Waals surface area contributed by atoms with E-state index in [1.165, 1.54) is 14.0 Å². The lowest BCUT2D eigenvalue weighted by atomic mass is 9.33. The summed E-state index contributed by atoms with van der Waals surface area (Å²) in [5, 5.41) is 11.3. The normalized spacial score (nSPS) is 47.4. The van der Waals surface area contributed by atoms with E-state index in [0.717, 1.165) is 12.0 Å². The number of ether oxygens (including phenoxy) is 3. The molecule has 0 unspecified atom stereocenters. The highest BCUT2D eigenvalue weighted by Gasteiger charge is 2.82. The second kappa shape index (κ2) is 6.99. The van der Waals surface area contributed by atoms with Gasteiger partial charge in [-0.3, -0.25) is 14.4 Å². The predicted molar refractivity (Wildman–Crippen MR) is 127 cm³/mol. The van der Waals surface area contributed by atoms with Crippen molar-refractivity contribution in [1.29, 1.82) is 0 Å². The summed E-state index contributed by atoms with van der Waals surface area (Å²) < 4.78 is 17.7. The van der Waals surface area contributed by atoms with E-state index in [0.29, 0.717) is 19.4 Å². The molecule has 1 heterocycles. The van der Waals surface area contributed by atoms with Gasteiger partial charge in [0.15, 0.2) is 11.2 Å². The maximum Gasteiger partial charge on any atom is 0.321 e. The topological polar surface area (TPSA) is 99.1 Å². The summed E-state index contributed by atoms with van der Waals surface area (Å²) >= 11 is 0. The number of Topliss-reactive ketones (excluding diaryl/α,β-unsaturated/α-hetero) is 1. The van der Waals surface area contributed by atoms with E-state index in [1.54, 1.807) is 6.92 Å². The van der Waals surface area contributed by atoms with Crippen LogP contribution in [-0.2, 0) is 28.6 Å². The number of aliphatic hydroxyl groups excluding tert-OH is 1. The minimum absolute atomic E-state index is 0.0342. The standard InChI is InChI=1S/C28H38O7/c1-14-11-18-25(6,28(23(32)33-8)22(31)15(2)21(30)26(14,28)7)12-17-20-24(4,5)19(35-16(3)29)9-10-27(18,20)13-34-17/h11,17-20,30H,9-10,12-13H2,1-8H3/t17-,18+,19-,20+,25-,26-,27+,28+/m0/s1. The number of ketones is 1. The highest BCUT2D eigenvalue weighted by Crippen LogP contribution is 2.78. The first-order valence-corrected chi connectivity index (χ1v) is 12.7. The molecule has 0 aromatic rings. The molecule has 1 aliphatic heterocycles. The zero-order valence-electron chi connectivity index (χ0n) is 22.1. The van der Waals surface area contributed by atoms with Crippen LogP contribution in [0.5, 0.6) is 0 Å². The van der Waals surface area contributed by atoms with Crippen LogP contribution in [0, 0.1) is 38.9 Å². The number of rotatable bonds is 2. The molecule has 8 atom stereocenters. The minimum Gasteiger partial charge on any atom is -0.511 e. The molecule has 2 bridgehead atoms. The van der Waals surface area contributed by atoms with Gasteiger partial charge in [-0.25, -0.2) is 0 Å². The van der Waals surface area contributed by atoms with E-state index in [-0.39, 0.29) is 58.0 Å². The third-order valence-electron chi connectivity index (χ3n) is 11.1. The van der Waals surface area contributed by atoms with Crippen LogP contribution in [0.4, 0.5) is 0 Å². The average molecular weight is 487 g/mol. The molecule has 5 aliphatic rings. The first-order chi connectivity index (χ1) is 16.2. The maximum absolute atomic E-state index is 14.1. The van der Waals surface area contributed by atoms with Crippen LogP contribution >= 0.6 is 0 Å². The summed E-state index contributed by atoms with van der Waals surface area (Å²) in [6, 6.07) is 0. The second-order valence-electron chi connectivity index (χ2n) is 12.6. The lowest BCUT2D eigenvalue weighted by molar-refractivity contribution is -0.216. The molecule has 0 aromatic carbocycles. The number of allylic oxidation sites excluding steroid dienone is 3. The molecule has 0 amide bonds. The fourth-order valence-electron chi connectivity index (χ4n) is 9.76. The molecule has 7 heteroatoms. The predicted octanol–water partition coefficient (Wildman–Crippen LogP) is 4.31. The smallest absolute Gasteiger partial charge is 0.321 e.